The second kappa shape index (κ2) is 9.59. The largest absolute Gasteiger partial charge is 0.325 e. The standard InChI is InChI=1S/C24H24N4OS/c1-2-28-22(16-15-18-9-4-3-5-10-18)26-27-24(28)30-17-23(29)25-21-14-8-12-19-11-6-7-13-20(19)21/h3-14H,2,15-17H2,1H3,(H,25,29). The van der Waals surface area contributed by atoms with E-state index in [9.17, 15) is 4.79 Å². The van der Waals surface area contributed by atoms with E-state index in [0.29, 0.717) is 5.75 Å². The zero-order valence-corrected chi connectivity index (χ0v) is 17.7. The van der Waals surface area contributed by atoms with Crippen LogP contribution in [0.5, 0.6) is 0 Å². The molecule has 0 saturated carbocycles. The minimum atomic E-state index is -0.0483. The van der Waals surface area contributed by atoms with E-state index in [1.165, 1.54) is 17.3 Å². The van der Waals surface area contributed by atoms with Gasteiger partial charge >= 0.3 is 0 Å². The highest BCUT2D eigenvalue weighted by Gasteiger charge is 2.14. The molecule has 0 spiro atoms. The molecule has 1 amide bonds. The van der Waals surface area contributed by atoms with E-state index in [1.54, 1.807) is 0 Å². The summed E-state index contributed by atoms with van der Waals surface area (Å²) in [6.07, 6.45) is 1.75. The van der Waals surface area contributed by atoms with E-state index in [2.05, 4.69) is 51.3 Å². The van der Waals surface area contributed by atoms with E-state index in [1.807, 2.05) is 48.5 Å². The Balaban J connectivity index is 1.38. The molecule has 0 bridgehead atoms. The SMILES string of the molecule is CCn1c(CCc2ccccc2)nnc1SCC(=O)Nc1cccc2ccccc12. The first kappa shape index (κ1) is 20.2. The molecule has 1 N–H and O–H groups in total. The van der Waals surface area contributed by atoms with Gasteiger partial charge in [-0.25, -0.2) is 0 Å². The number of anilines is 1. The van der Waals surface area contributed by atoms with Gasteiger partial charge in [-0.15, -0.1) is 10.2 Å². The third kappa shape index (κ3) is 4.71. The fourth-order valence-electron chi connectivity index (χ4n) is 3.48. The van der Waals surface area contributed by atoms with Crippen LogP contribution in [-0.2, 0) is 24.2 Å². The van der Waals surface area contributed by atoms with Crippen LogP contribution >= 0.6 is 11.8 Å². The van der Waals surface area contributed by atoms with Crippen LogP contribution in [0, 0.1) is 0 Å². The average Bonchev–Trinajstić information content (AvgIpc) is 3.19. The summed E-state index contributed by atoms with van der Waals surface area (Å²) in [5.41, 5.74) is 2.12. The van der Waals surface area contributed by atoms with E-state index in [0.717, 1.165) is 46.8 Å². The highest BCUT2D eigenvalue weighted by atomic mass is 32.2. The van der Waals surface area contributed by atoms with E-state index in [4.69, 9.17) is 0 Å². The Labute approximate surface area is 180 Å². The van der Waals surface area contributed by atoms with Crippen LogP contribution in [0.2, 0.25) is 0 Å². The highest BCUT2D eigenvalue weighted by molar-refractivity contribution is 7.99. The van der Waals surface area contributed by atoms with Gasteiger partial charge < -0.3 is 9.88 Å². The summed E-state index contributed by atoms with van der Waals surface area (Å²) in [5.74, 6) is 1.20. The maximum atomic E-state index is 12.6. The summed E-state index contributed by atoms with van der Waals surface area (Å²) < 4.78 is 2.10. The molecule has 3 aromatic carbocycles. The highest BCUT2D eigenvalue weighted by Crippen LogP contribution is 2.24. The average molecular weight is 417 g/mol. The number of hydrogen-bond donors (Lipinski definition) is 1. The lowest BCUT2D eigenvalue weighted by Gasteiger charge is -2.09. The molecule has 4 aromatic rings. The molecule has 5 nitrogen and oxygen atoms in total. The second-order valence-electron chi connectivity index (χ2n) is 6.99. The number of fused-ring (bicyclic) bond motifs is 1. The van der Waals surface area contributed by atoms with Gasteiger partial charge in [-0.3, -0.25) is 4.79 Å². The van der Waals surface area contributed by atoms with Gasteiger partial charge in [0.1, 0.15) is 5.82 Å². The molecule has 0 aliphatic rings. The number of hydrogen-bond acceptors (Lipinski definition) is 4. The Morgan fingerprint density at radius 2 is 1.70 bits per heavy atom. The van der Waals surface area contributed by atoms with Crippen molar-refractivity contribution in [3.8, 4) is 0 Å². The lowest BCUT2D eigenvalue weighted by atomic mass is 10.1. The molecule has 0 fully saturated rings. The summed E-state index contributed by atoms with van der Waals surface area (Å²) in [6.45, 7) is 2.86. The topological polar surface area (TPSA) is 59.8 Å². The lowest BCUT2D eigenvalue weighted by molar-refractivity contribution is -0.113. The van der Waals surface area contributed by atoms with Crippen LogP contribution in [-0.4, -0.2) is 26.4 Å². The number of carbonyl (C=O) groups excluding carboxylic acids is 1. The summed E-state index contributed by atoms with van der Waals surface area (Å²) in [7, 11) is 0. The zero-order chi connectivity index (χ0) is 20.8. The lowest BCUT2D eigenvalue weighted by Crippen LogP contribution is -2.15. The summed E-state index contributed by atoms with van der Waals surface area (Å²) >= 11 is 1.42. The Bertz CT molecular complexity index is 1140. The van der Waals surface area contributed by atoms with Crippen molar-refractivity contribution in [2.24, 2.45) is 0 Å². The van der Waals surface area contributed by atoms with Gasteiger partial charge in [0.05, 0.1) is 5.75 Å². The molecular formula is C24H24N4OS. The Hall–Kier alpha value is -3.12. The molecule has 0 radical (unpaired) electrons. The molecule has 1 aromatic heterocycles. The van der Waals surface area contributed by atoms with Crippen LogP contribution in [0.25, 0.3) is 10.8 Å². The first-order valence-electron chi connectivity index (χ1n) is 10.1. The zero-order valence-electron chi connectivity index (χ0n) is 16.9. The maximum Gasteiger partial charge on any atom is 0.234 e. The van der Waals surface area contributed by atoms with Gasteiger partial charge in [0.25, 0.3) is 0 Å². The molecule has 0 atom stereocenters. The number of benzene rings is 3. The minimum absolute atomic E-state index is 0.0483. The van der Waals surface area contributed by atoms with Gasteiger partial charge in [-0.05, 0) is 30.4 Å². The third-order valence-corrected chi connectivity index (χ3v) is 5.95. The van der Waals surface area contributed by atoms with Crippen LogP contribution < -0.4 is 5.32 Å². The van der Waals surface area contributed by atoms with Gasteiger partial charge in [-0.1, -0.05) is 78.5 Å². The molecule has 152 valence electrons. The van der Waals surface area contributed by atoms with E-state index >= 15 is 0 Å². The smallest absolute Gasteiger partial charge is 0.234 e. The molecule has 4 rings (SSSR count). The predicted molar refractivity (Wildman–Crippen MR) is 123 cm³/mol. The number of aromatic nitrogens is 3. The molecular weight excluding hydrogens is 392 g/mol. The van der Waals surface area contributed by atoms with Crippen molar-refractivity contribution in [1.82, 2.24) is 14.8 Å². The number of carbonyl (C=O) groups is 1. The number of aryl methyl sites for hydroxylation is 2. The molecule has 6 heteroatoms. The van der Waals surface area contributed by atoms with Crippen LogP contribution in [0.1, 0.15) is 18.3 Å². The van der Waals surface area contributed by atoms with Gasteiger partial charge in [-0.2, -0.15) is 0 Å². The van der Waals surface area contributed by atoms with E-state index < -0.39 is 0 Å². The first-order valence-corrected chi connectivity index (χ1v) is 11.1. The Kier molecular flexibility index (Phi) is 6.44. The van der Waals surface area contributed by atoms with Crippen molar-refractivity contribution in [3.63, 3.8) is 0 Å². The Morgan fingerprint density at radius 3 is 2.53 bits per heavy atom. The molecule has 0 saturated heterocycles. The quantitative estimate of drug-likeness (QED) is 0.412. The summed E-state index contributed by atoms with van der Waals surface area (Å²) in [6, 6.07) is 24.3. The minimum Gasteiger partial charge on any atom is -0.325 e. The predicted octanol–water partition coefficient (Wildman–Crippen LogP) is 4.97. The summed E-state index contributed by atoms with van der Waals surface area (Å²) in [5, 5.41) is 14.7. The van der Waals surface area contributed by atoms with Crippen LogP contribution in [0.4, 0.5) is 5.69 Å². The number of rotatable bonds is 8. The molecule has 30 heavy (non-hydrogen) atoms. The number of amides is 1. The number of nitrogens with one attached hydrogen (secondary N) is 1. The fourth-order valence-corrected chi connectivity index (χ4v) is 4.30. The van der Waals surface area contributed by atoms with Crippen LogP contribution in [0.15, 0.2) is 78.0 Å². The monoisotopic (exact) mass is 416 g/mol. The molecule has 0 aliphatic heterocycles. The molecule has 0 unspecified atom stereocenters. The van der Waals surface area contributed by atoms with Crippen molar-refractivity contribution in [3.05, 3.63) is 84.2 Å². The normalized spacial score (nSPS) is 11.0. The van der Waals surface area contributed by atoms with Gasteiger partial charge in [0.2, 0.25) is 5.91 Å². The van der Waals surface area contributed by atoms with Crippen molar-refractivity contribution < 1.29 is 4.79 Å². The Morgan fingerprint density at radius 1 is 0.933 bits per heavy atom. The second-order valence-corrected chi connectivity index (χ2v) is 7.93. The molecule has 1 heterocycles. The number of nitrogens with zero attached hydrogens (tertiary/aromatic N) is 3. The molecule has 0 aliphatic carbocycles. The van der Waals surface area contributed by atoms with E-state index in [-0.39, 0.29) is 5.91 Å². The third-order valence-electron chi connectivity index (χ3n) is 4.99. The van der Waals surface area contributed by atoms with Crippen molar-refractivity contribution in [2.75, 3.05) is 11.1 Å². The summed E-state index contributed by atoms with van der Waals surface area (Å²) in [4.78, 5) is 12.6. The van der Waals surface area contributed by atoms with Crippen molar-refractivity contribution in [2.45, 2.75) is 31.5 Å². The fraction of sp³-hybridized carbons (Fsp3) is 0.208. The van der Waals surface area contributed by atoms with Gasteiger partial charge in [0, 0.05) is 24.0 Å². The number of thioether (sulfide) groups is 1. The van der Waals surface area contributed by atoms with Crippen LogP contribution in [0.3, 0.4) is 0 Å². The van der Waals surface area contributed by atoms with Gasteiger partial charge in [0.15, 0.2) is 5.16 Å². The maximum absolute atomic E-state index is 12.6. The first-order chi connectivity index (χ1) is 14.7. The van der Waals surface area contributed by atoms with Crippen molar-refractivity contribution >= 4 is 34.1 Å². The van der Waals surface area contributed by atoms with Crippen molar-refractivity contribution in [1.29, 1.82) is 0 Å².